The van der Waals surface area contributed by atoms with E-state index in [2.05, 4.69) is 22.1 Å². The number of unbranched alkanes of at least 4 members (excludes halogenated alkanes) is 1. The van der Waals surface area contributed by atoms with Crippen LogP contribution in [0.5, 0.6) is 0 Å². The predicted octanol–water partition coefficient (Wildman–Crippen LogP) is 3.15. The number of carbonyl (C=O) groups excluding carboxylic acids is 1. The molecule has 5 rings (SSSR count). The maximum atomic E-state index is 13.2. The van der Waals surface area contributed by atoms with Crippen LogP contribution in [0.3, 0.4) is 0 Å². The molecule has 0 aromatic carbocycles. The first-order valence-corrected chi connectivity index (χ1v) is 9.92. The van der Waals surface area contributed by atoms with Gasteiger partial charge >= 0.3 is 0 Å². The van der Waals surface area contributed by atoms with Gasteiger partial charge in [-0.1, -0.05) is 13.3 Å². The van der Waals surface area contributed by atoms with Crippen molar-refractivity contribution in [1.82, 2.24) is 15.2 Å². The second-order valence-electron chi connectivity index (χ2n) is 8.21. The van der Waals surface area contributed by atoms with Crippen LogP contribution in [0.1, 0.15) is 71.1 Å². The zero-order valence-corrected chi connectivity index (χ0v) is 14.7. The molecule has 0 bridgehead atoms. The summed E-state index contributed by atoms with van der Waals surface area (Å²) in [6.07, 6.45) is 11.7. The smallest absolute Gasteiger partial charge is 0.272 e. The minimum absolute atomic E-state index is 0.217. The summed E-state index contributed by atoms with van der Waals surface area (Å²) in [5.74, 6) is 2.24. The number of nitrogens with zero attached hydrogens (tertiary/aromatic N) is 3. The van der Waals surface area contributed by atoms with E-state index in [-0.39, 0.29) is 12.1 Å². The molecule has 2 heterocycles. The standard InChI is InChI=1S/C19H28N4O/c1-2-3-12-22-14-6-4-5-7-15(14)23-16(17(22)24)20-21-18(23)19(10-11-19)13-8-9-13/h13,16,20H,2-12H2,1H3. The molecule has 5 heteroatoms. The minimum Gasteiger partial charge on any atom is -0.311 e. The number of rotatable bonds is 5. The van der Waals surface area contributed by atoms with Crippen molar-refractivity contribution in [2.24, 2.45) is 16.4 Å². The number of allylic oxidation sites excluding steroid dienone is 2. The van der Waals surface area contributed by atoms with E-state index < -0.39 is 0 Å². The molecular weight excluding hydrogens is 300 g/mol. The molecule has 5 nitrogen and oxygen atoms in total. The first kappa shape index (κ1) is 14.8. The summed E-state index contributed by atoms with van der Waals surface area (Å²) in [6, 6.07) is 0. The summed E-state index contributed by atoms with van der Waals surface area (Å²) in [7, 11) is 0. The minimum atomic E-state index is -0.273. The van der Waals surface area contributed by atoms with Crippen molar-refractivity contribution in [3.8, 4) is 0 Å². The largest absolute Gasteiger partial charge is 0.311 e. The normalized spacial score (nSPS) is 30.8. The number of fused-ring (bicyclic) bond motifs is 2. The third-order valence-corrected chi connectivity index (χ3v) is 6.63. The molecule has 1 amide bonds. The van der Waals surface area contributed by atoms with Crippen LogP contribution >= 0.6 is 0 Å². The summed E-state index contributed by atoms with van der Waals surface area (Å²) in [5, 5.41) is 4.74. The lowest BCUT2D eigenvalue weighted by molar-refractivity contribution is -0.136. The van der Waals surface area contributed by atoms with Crippen LogP contribution in [0.15, 0.2) is 16.5 Å². The van der Waals surface area contributed by atoms with E-state index in [1.807, 2.05) is 0 Å². The van der Waals surface area contributed by atoms with Crippen molar-refractivity contribution in [3.05, 3.63) is 11.4 Å². The number of carbonyl (C=O) groups is 1. The molecule has 2 aliphatic heterocycles. The van der Waals surface area contributed by atoms with E-state index in [1.165, 1.54) is 55.8 Å². The number of amides is 1. The van der Waals surface area contributed by atoms with Crippen LogP contribution < -0.4 is 5.43 Å². The summed E-state index contributed by atoms with van der Waals surface area (Å²) in [4.78, 5) is 17.6. The van der Waals surface area contributed by atoms with Gasteiger partial charge in [0.1, 0.15) is 5.84 Å². The molecule has 0 aromatic rings. The number of hydrogen-bond donors (Lipinski definition) is 1. The highest BCUT2D eigenvalue weighted by Crippen LogP contribution is 2.63. The van der Waals surface area contributed by atoms with Crippen LogP contribution in [-0.4, -0.2) is 34.3 Å². The SMILES string of the molecule is CCCCN1C(=O)C2NN=C(C3(C4CC4)CC3)N2C2=C1CCCC2. The molecule has 0 spiro atoms. The number of nitrogens with one attached hydrogen (secondary N) is 1. The topological polar surface area (TPSA) is 47.9 Å². The monoisotopic (exact) mass is 328 g/mol. The van der Waals surface area contributed by atoms with Gasteiger partial charge in [-0.3, -0.25) is 15.1 Å². The van der Waals surface area contributed by atoms with Gasteiger partial charge in [-0.05, 0) is 63.7 Å². The molecular formula is C19H28N4O. The summed E-state index contributed by atoms with van der Waals surface area (Å²) >= 11 is 0. The van der Waals surface area contributed by atoms with Gasteiger partial charge in [0, 0.05) is 23.4 Å². The summed E-state index contributed by atoms with van der Waals surface area (Å²) in [5.41, 5.74) is 6.22. The maximum absolute atomic E-state index is 13.2. The van der Waals surface area contributed by atoms with E-state index in [0.29, 0.717) is 5.41 Å². The molecule has 1 N–H and O–H groups in total. The fourth-order valence-corrected chi connectivity index (χ4v) is 5.01. The predicted molar refractivity (Wildman–Crippen MR) is 92.7 cm³/mol. The average molecular weight is 328 g/mol. The maximum Gasteiger partial charge on any atom is 0.272 e. The van der Waals surface area contributed by atoms with E-state index >= 15 is 0 Å². The zero-order chi connectivity index (χ0) is 16.3. The van der Waals surface area contributed by atoms with Crippen molar-refractivity contribution in [1.29, 1.82) is 0 Å². The Morgan fingerprint density at radius 3 is 2.62 bits per heavy atom. The number of hydrogen-bond acceptors (Lipinski definition) is 4. The fourth-order valence-electron chi connectivity index (χ4n) is 5.01. The average Bonchev–Trinajstić information content (AvgIpc) is 3.51. The number of amidine groups is 1. The third kappa shape index (κ3) is 1.99. The van der Waals surface area contributed by atoms with Gasteiger partial charge in [0.15, 0.2) is 0 Å². The lowest BCUT2D eigenvalue weighted by atomic mass is 9.92. The van der Waals surface area contributed by atoms with Crippen molar-refractivity contribution >= 4 is 11.7 Å². The molecule has 3 aliphatic carbocycles. The van der Waals surface area contributed by atoms with E-state index in [4.69, 9.17) is 5.10 Å². The van der Waals surface area contributed by atoms with E-state index in [1.54, 1.807) is 0 Å². The van der Waals surface area contributed by atoms with Gasteiger partial charge in [-0.15, -0.1) is 0 Å². The quantitative estimate of drug-likeness (QED) is 0.843. The molecule has 5 aliphatic rings. The van der Waals surface area contributed by atoms with Gasteiger partial charge in [-0.25, -0.2) is 0 Å². The third-order valence-electron chi connectivity index (χ3n) is 6.63. The Morgan fingerprint density at radius 1 is 1.21 bits per heavy atom. The lowest BCUT2D eigenvalue weighted by Gasteiger charge is -2.44. The highest BCUT2D eigenvalue weighted by molar-refractivity contribution is 6.00. The molecule has 1 atom stereocenters. The van der Waals surface area contributed by atoms with Gasteiger partial charge in [0.25, 0.3) is 5.91 Å². The van der Waals surface area contributed by atoms with Gasteiger partial charge in [0.05, 0.1) is 0 Å². The van der Waals surface area contributed by atoms with Crippen LogP contribution in [0.4, 0.5) is 0 Å². The van der Waals surface area contributed by atoms with Gasteiger partial charge < -0.3 is 4.90 Å². The molecule has 1 unspecified atom stereocenters. The Labute approximate surface area is 144 Å². The second-order valence-corrected chi connectivity index (χ2v) is 8.21. The van der Waals surface area contributed by atoms with Crippen LogP contribution in [0.25, 0.3) is 0 Å². The fraction of sp³-hybridized carbons (Fsp3) is 0.789. The van der Waals surface area contributed by atoms with Crippen molar-refractivity contribution in [2.45, 2.75) is 77.3 Å². The summed E-state index contributed by atoms with van der Waals surface area (Å²) in [6.45, 7) is 3.06. The number of hydrazone groups is 1. The Hall–Kier alpha value is -1.52. The molecule has 0 aromatic heterocycles. The van der Waals surface area contributed by atoms with Crippen LogP contribution in [-0.2, 0) is 4.79 Å². The Bertz CT molecular complexity index is 629. The highest BCUT2D eigenvalue weighted by atomic mass is 16.2. The van der Waals surface area contributed by atoms with Gasteiger partial charge in [-0.2, -0.15) is 5.10 Å². The lowest BCUT2D eigenvalue weighted by Crippen LogP contribution is -2.58. The highest BCUT2D eigenvalue weighted by Gasteiger charge is 2.62. The first-order valence-electron chi connectivity index (χ1n) is 9.92. The van der Waals surface area contributed by atoms with Crippen LogP contribution in [0.2, 0.25) is 0 Å². The van der Waals surface area contributed by atoms with E-state index in [9.17, 15) is 4.79 Å². The molecule has 2 saturated carbocycles. The first-order chi connectivity index (χ1) is 11.8. The molecule has 0 radical (unpaired) electrons. The Morgan fingerprint density at radius 2 is 1.96 bits per heavy atom. The second kappa shape index (κ2) is 5.24. The van der Waals surface area contributed by atoms with Crippen LogP contribution in [0, 0.1) is 11.3 Å². The Balaban J connectivity index is 1.52. The Kier molecular flexibility index (Phi) is 3.23. The zero-order valence-electron chi connectivity index (χ0n) is 14.7. The molecule has 0 saturated heterocycles. The molecule has 130 valence electrons. The van der Waals surface area contributed by atoms with Crippen molar-refractivity contribution in [2.75, 3.05) is 6.54 Å². The van der Waals surface area contributed by atoms with Crippen molar-refractivity contribution in [3.63, 3.8) is 0 Å². The molecule has 2 fully saturated rings. The van der Waals surface area contributed by atoms with E-state index in [0.717, 1.165) is 38.1 Å². The van der Waals surface area contributed by atoms with Gasteiger partial charge in [0.2, 0.25) is 6.17 Å². The summed E-state index contributed by atoms with van der Waals surface area (Å²) < 4.78 is 0. The molecule has 24 heavy (non-hydrogen) atoms. The van der Waals surface area contributed by atoms with Crippen molar-refractivity contribution < 1.29 is 4.79 Å².